The van der Waals surface area contributed by atoms with Crippen molar-refractivity contribution in [2.45, 2.75) is 57.9 Å². The molecule has 2 rings (SSSR count). The predicted octanol–water partition coefficient (Wildman–Crippen LogP) is 3.84. The number of carbonyl (C=O) groups is 1. The molecule has 1 aliphatic carbocycles. The van der Waals surface area contributed by atoms with E-state index >= 15 is 0 Å². The van der Waals surface area contributed by atoms with Gasteiger partial charge in [0.1, 0.15) is 0 Å². The van der Waals surface area contributed by atoms with Gasteiger partial charge in [0.05, 0.1) is 6.54 Å². The summed E-state index contributed by atoms with van der Waals surface area (Å²) in [6.07, 6.45) is 8.75. The Hall–Kier alpha value is -1.35. The first-order valence-electron chi connectivity index (χ1n) is 8.28. The second-order valence-corrected chi connectivity index (χ2v) is 6.16. The van der Waals surface area contributed by atoms with E-state index in [1.165, 1.54) is 44.1 Å². The normalized spacial score (nSPS) is 16.7. The quantitative estimate of drug-likeness (QED) is 0.835. The molecule has 1 N–H and O–H groups in total. The lowest BCUT2D eigenvalue weighted by Crippen LogP contribution is -2.37. The number of anilines is 1. The highest BCUT2D eigenvalue weighted by molar-refractivity contribution is 5.92. The number of hydrogen-bond acceptors (Lipinski definition) is 2. The Labute approximate surface area is 128 Å². The van der Waals surface area contributed by atoms with Gasteiger partial charge in [0, 0.05) is 11.7 Å². The van der Waals surface area contributed by atoms with Crippen molar-refractivity contribution >= 4 is 11.6 Å². The summed E-state index contributed by atoms with van der Waals surface area (Å²) in [6, 6.07) is 8.68. The third-order valence-electron chi connectivity index (χ3n) is 4.46. The lowest BCUT2D eigenvalue weighted by molar-refractivity contribution is -0.117. The number of amides is 1. The highest BCUT2D eigenvalue weighted by atomic mass is 16.2. The van der Waals surface area contributed by atoms with E-state index in [0.29, 0.717) is 12.6 Å². The van der Waals surface area contributed by atoms with Crippen LogP contribution in [0.4, 0.5) is 5.69 Å². The zero-order valence-corrected chi connectivity index (χ0v) is 13.4. The topological polar surface area (TPSA) is 32.3 Å². The molecule has 0 aliphatic heterocycles. The molecule has 0 bridgehead atoms. The van der Waals surface area contributed by atoms with Gasteiger partial charge in [0.15, 0.2) is 0 Å². The van der Waals surface area contributed by atoms with Crippen LogP contribution in [0.1, 0.15) is 51.0 Å². The third-order valence-corrected chi connectivity index (χ3v) is 4.46. The number of nitrogens with zero attached hydrogens (tertiary/aromatic N) is 1. The molecule has 21 heavy (non-hydrogen) atoms. The summed E-state index contributed by atoms with van der Waals surface area (Å²) in [5, 5.41) is 3.02. The molecule has 3 nitrogen and oxygen atoms in total. The summed E-state index contributed by atoms with van der Waals surface area (Å²) in [6.45, 7) is 2.61. The van der Waals surface area contributed by atoms with Gasteiger partial charge in [-0.2, -0.15) is 0 Å². The Morgan fingerprint density at radius 3 is 2.62 bits per heavy atom. The van der Waals surface area contributed by atoms with Gasteiger partial charge >= 0.3 is 0 Å². The number of aryl methyl sites for hydroxylation is 1. The van der Waals surface area contributed by atoms with Crippen molar-refractivity contribution in [1.29, 1.82) is 0 Å². The van der Waals surface area contributed by atoms with Gasteiger partial charge in [-0.1, -0.05) is 44.7 Å². The molecule has 3 heteroatoms. The summed E-state index contributed by atoms with van der Waals surface area (Å²) in [7, 11) is 2.08. The predicted molar refractivity (Wildman–Crippen MR) is 88.6 cm³/mol. The monoisotopic (exact) mass is 288 g/mol. The molecule has 116 valence electrons. The van der Waals surface area contributed by atoms with E-state index in [-0.39, 0.29) is 5.91 Å². The molecule has 1 aliphatic rings. The Bertz CT molecular complexity index is 450. The summed E-state index contributed by atoms with van der Waals surface area (Å²) in [5.74, 6) is 0.0926. The molecule has 0 saturated heterocycles. The van der Waals surface area contributed by atoms with Crippen LogP contribution in [0.3, 0.4) is 0 Å². The average Bonchev–Trinajstić information content (AvgIpc) is 2.76. The first kappa shape index (κ1) is 16.0. The molecule has 0 heterocycles. The van der Waals surface area contributed by atoms with Crippen molar-refractivity contribution in [2.24, 2.45) is 0 Å². The van der Waals surface area contributed by atoms with Crippen LogP contribution in [0.2, 0.25) is 0 Å². The van der Waals surface area contributed by atoms with Gasteiger partial charge < -0.3 is 5.32 Å². The van der Waals surface area contributed by atoms with Crippen molar-refractivity contribution < 1.29 is 4.79 Å². The van der Waals surface area contributed by atoms with E-state index in [1.807, 2.05) is 12.1 Å². The van der Waals surface area contributed by atoms with Crippen molar-refractivity contribution in [3.8, 4) is 0 Å². The summed E-state index contributed by atoms with van der Waals surface area (Å²) >= 11 is 0. The second kappa shape index (κ2) is 8.18. The van der Waals surface area contributed by atoms with Gasteiger partial charge in [0.2, 0.25) is 5.91 Å². The van der Waals surface area contributed by atoms with Crippen molar-refractivity contribution in [3.63, 3.8) is 0 Å². The Morgan fingerprint density at radius 2 is 1.95 bits per heavy atom. The molecular formula is C18H28N2O. The summed E-state index contributed by atoms with van der Waals surface area (Å²) < 4.78 is 0. The lowest BCUT2D eigenvalue weighted by Gasteiger charge is -2.26. The maximum atomic E-state index is 12.2. The number of benzene rings is 1. The van der Waals surface area contributed by atoms with Crippen LogP contribution in [-0.2, 0) is 11.2 Å². The Morgan fingerprint density at radius 1 is 1.24 bits per heavy atom. The number of carbonyl (C=O) groups excluding carboxylic acids is 1. The fraction of sp³-hybridized carbons (Fsp3) is 0.611. The molecule has 0 aromatic heterocycles. The molecule has 0 unspecified atom stereocenters. The number of nitrogens with one attached hydrogen (secondary N) is 1. The highest BCUT2D eigenvalue weighted by Gasteiger charge is 2.18. The van der Waals surface area contributed by atoms with Crippen LogP contribution in [-0.4, -0.2) is 30.4 Å². The first-order chi connectivity index (χ1) is 10.2. The smallest absolute Gasteiger partial charge is 0.238 e. The SMILES string of the molecule is CCc1cccc(NC(=O)CN(C)C2CCCCCC2)c1. The van der Waals surface area contributed by atoms with Crippen molar-refractivity contribution in [3.05, 3.63) is 29.8 Å². The van der Waals surface area contributed by atoms with Crippen molar-refractivity contribution in [1.82, 2.24) is 4.90 Å². The van der Waals surface area contributed by atoms with Crippen LogP contribution >= 0.6 is 0 Å². The standard InChI is InChI=1S/C18H28N2O/c1-3-15-9-8-10-16(13-15)19-18(21)14-20(2)17-11-6-4-5-7-12-17/h8-10,13,17H,3-7,11-12,14H2,1-2H3,(H,19,21). The highest BCUT2D eigenvalue weighted by Crippen LogP contribution is 2.21. The molecule has 1 aromatic carbocycles. The fourth-order valence-corrected chi connectivity index (χ4v) is 3.12. The minimum absolute atomic E-state index is 0.0926. The van der Waals surface area contributed by atoms with E-state index in [4.69, 9.17) is 0 Å². The maximum absolute atomic E-state index is 12.2. The van der Waals surface area contributed by atoms with E-state index in [1.54, 1.807) is 0 Å². The van der Waals surface area contributed by atoms with Crippen LogP contribution in [0.15, 0.2) is 24.3 Å². The lowest BCUT2D eigenvalue weighted by atomic mass is 10.1. The van der Waals surface area contributed by atoms with Gasteiger partial charge in [-0.05, 0) is 44.0 Å². The summed E-state index contributed by atoms with van der Waals surface area (Å²) in [4.78, 5) is 14.4. The fourth-order valence-electron chi connectivity index (χ4n) is 3.12. The molecule has 0 radical (unpaired) electrons. The molecule has 0 atom stereocenters. The van der Waals surface area contributed by atoms with E-state index < -0.39 is 0 Å². The minimum atomic E-state index is 0.0926. The van der Waals surface area contributed by atoms with Gasteiger partial charge in [-0.25, -0.2) is 0 Å². The Balaban J connectivity index is 1.85. The third kappa shape index (κ3) is 5.16. The maximum Gasteiger partial charge on any atom is 0.238 e. The summed E-state index contributed by atoms with van der Waals surface area (Å²) in [5.41, 5.74) is 2.17. The Kier molecular flexibility index (Phi) is 6.24. The van der Waals surface area contributed by atoms with Crippen LogP contribution in [0.25, 0.3) is 0 Å². The van der Waals surface area contributed by atoms with Gasteiger partial charge in [0.25, 0.3) is 0 Å². The van der Waals surface area contributed by atoms with Crippen LogP contribution in [0, 0.1) is 0 Å². The van der Waals surface area contributed by atoms with E-state index in [9.17, 15) is 4.79 Å². The zero-order chi connectivity index (χ0) is 15.1. The first-order valence-corrected chi connectivity index (χ1v) is 8.28. The molecule has 1 aromatic rings. The number of hydrogen-bond donors (Lipinski definition) is 1. The van der Waals surface area contributed by atoms with E-state index in [2.05, 4.69) is 36.3 Å². The van der Waals surface area contributed by atoms with Gasteiger partial charge in [-0.15, -0.1) is 0 Å². The van der Waals surface area contributed by atoms with Crippen LogP contribution in [0.5, 0.6) is 0 Å². The molecule has 1 saturated carbocycles. The molecule has 0 spiro atoms. The van der Waals surface area contributed by atoms with Crippen LogP contribution < -0.4 is 5.32 Å². The minimum Gasteiger partial charge on any atom is -0.325 e. The number of rotatable bonds is 5. The number of likely N-dealkylation sites (N-methyl/N-ethyl adjacent to an activating group) is 1. The van der Waals surface area contributed by atoms with Gasteiger partial charge in [-0.3, -0.25) is 9.69 Å². The molecule has 1 amide bonds. The van der Waals surface area contributed by atoms with Crippen molar-refractivity contribution in [2.75, 3.05) is 18.9 Å². The zero-order valence-electron chi connectivity index (χ0n) is 13.4. The second-order valence-electron chi connectivity index (χ2n) is 6.16. The largest absolute Gasteiger partial charge is 0.325 e. The average molecular weight is 288 g/mol. The molecular weight excluding hydrogens is 260 g/mol. The molecule has 1 fully saturated rings. The van der Waals surface area contributed by atoms with E-state index in [0.717, 1.165) is 12.1 Å².